The molecule has 39 heavy (non-hydrogen) atoms. The van der Waals surface area contributed by atoms with Crippen LogP contribution in [0, 0.1) is 12.8 Å². The van der Waals surface area contributed by atoms with Crippen molar-refractivity contribution in [3.05, 3.63) is 80.1 Å². The molecule has 0 unspecified atom stereocenters. The maximum absolute atomic E-state index is 13.7. The predicted molar refractivity (Wildman–Crippen MR) is 143 cm³/mol. The number of rotatable bonds is 8. The minimum atomic E-state index is -0.803. The fraction of sp³-hybridized carbons (Fsp3) is 0.393. The number of piperidine rings is 1. The number of carbonyl (C=O) groups is 2. The summed E-state index contributed by atoms with van der Waals surface area (Å²) in [5.41, 5.74) is -0.00552. The standard InChI is InChI=1S/C28H32N4O7/c1-5-39-27(35)20-11-8-14-30(16-20)25(33)24-26(34)31(17-19-10-7-6-9-18(19)2)28(36)32(29-24)21-12-13-22(37-3)23(15-21)38-4/h6-7,9-10,12-13,15,20H,5,8,11,14,16-17H2,1-4H3/t20-/m0/s1. The van der Waals surface area contributed by atoms with Gasteiger partial charge in [-0.1, -0.05) is 24.3 Å². The molecule has 3 aromatic rings. The molecule has 2 heterocycles. The summed E-state index contributed by atoms with van der Waals surface area (Å²) < 4.78 is 17.8. The Hall–Kier alpha value is -4.41. The second-order valence-corrected chi connectivity index (χ2v) is 9.24. The second-order valence-electron chi connectivity index (χ2n) is 9.24. The lowest BCUT2D eigenvalue weighted by Crippen LogP contribution is -2.49. The van der Waals surface area contributed by atoms with Crippen LogP contribution in [0.4, 0.5) is 0 Å². The molecular weight excluding hydrogens is 504 g/mol. The van der Waals surface area contributed by atoms with Crippen LogP contribution in [-0.2, 0) is 16.1 Å². The van der Waals surface area contributed by atoms with Crippen molar-refractivity contribution in [1.29, 1.82) is 0 Å². The van der Waals surface area contributed by atoms with Gasteiger partial charge in [0.25, 0.3) is 11.5 Å². The first-order valence-electron chi connectivity index (χ1n) is 12.8. The third kappa shape index (κ3) is 5.71. The van der Waals surface area contributed by atoms with Gasteiger partial charge in [-0.15, -0.1) is 0 Å². The summed E-state index contributed by atoms with van der Waals surface area (Å²) in [4.78, 5) is 54.7. The van der Waals surface area contributed by atoms with Gasteiger partial charge in [-0.05, 0) is 49.9 Å². The Balaban J connectivity index is 1.84. The van der Waals surface area contributed by atoms with E-state index in [0.29, 0.717) is 30.9 Å². The van der Waals surface area contributed by atoms with Gasteiger partial charge in [-0.2, -0.15) is 9.78 Å². The number of esters is 1. The number of hydrogen-bond donors (Lipinski definition) is 0. The van der Waals surface area contributed by atoms with Gasteiger partial charge in [-0.3, -0.25) is 19.0 Å². The SMILES string of the molecule is CCOC(=O)[C@H]1CCCN(C(=O)c2nn(-c3ccc(OC)c(OC)c3)c(=O)n(Cc3ccccc3C)c2=O)C1. The molecule has 0 aliphatic carbocycles. The number of likely N-dealkylation sites (tertiary alicyclic amines) is 1. The highest BCUT2D eigenvalue weighted by molar-refractivity contribution is 5.92. The van der Waals surface area contributed by atoms with Gasteiger partial charge in [0, 0.05) is 19.2 Å². The van der Waals surface area contributed by atoms with Crippen molar-refractivity contribution in [2.75, 3.05) is 33.9 Å². The van der Waals surface area contributed by atoms with E-state index in [1.807, 2.05) is 31.2 Å². The minimum Gasteiger partial charge on any atom is -0.493 e. The molecule has 1 aliphatic heterocycles. The molecule has 1 atom stereocenters. The van der Waals surface area contributed by atoms with E-state index in [0.717, 1.165) is 20.4 Å². The number of nitrogens with zero attached hydrogens (tertiary/aromatic N) is 4. The van der Waals surface area contributed by atoms with E-state index in [4.69, 9.17) is 14.2 Å². The second kappa shape index (κ2) is 12.0. The summed E-state index contributed by atoms with van der Waals surface area (Å²) in [6.07, 6.45) is 1.15. The van der Waals surface area contributed by atoms with E-state index in [1.165, 1.54) is 19.1 Å². The highest BCUT2D eigenvalue weighted by atomic mass is 16.5. The highest BCUT2D eigenvalue weighted by Gasteiger charge is 2.32. The van der Waals surface area contributed by atoms with E-state index in [-0.39, 0.29) is 31.4 Å². The lowest BCUT2D eigenvalue weighted by atomic mass is 9.98. The van der Waals surface area contributed by atoms with Crippen molar-refractivity contribution in [3.63, 3.8) is 0 Å². The number of aryl methyl sites for hydroxylation is 1. The zero-order chi connectivity index (χ0) is 28.1. The van der Waals surface area contributed by atoms with Crippen molar-refractivity contribution in [2.24, 2.45) is 5.92 Å². The molecule has 0 saturated carbocycles. The number of methoxy groups -OCH3 is 2. The van der Waals surface area contributed by atoms with Crippen LogP contribution >= 0.6 is 0 Å². The van der Waals surface area contributed by atoms with Crippen molar-refractivity contribution < 1.29 is 23.8 Å². The van der Waals surface area contributed by atoms with E-state index >= 15 is 0 Å². The normalized spacial score (nSPS) is 15.1. The number of carbonyl (C=O) groups excluding carboxylic acids is 2. The number of benzene rings is 2. The third-order valence-corrected chi connectivity index (χ3v) is 6.79. The fourth-order valence-corrected chi connectivity index (χ4v) is 4.63. The Morgan fingerprint density at radius 1 is 1.05 bits per heavy atom. The van der Waals surface area contributed by atoms with Crippen LogP contribution in [-0.4, -0.2) is 65.0 Å². The first-order chi connectivity index (χ1) is 18.8. The van der Waals surface area contributed by atoms with Gasteiger partial charge >= 0.3 is 11.7 Å². The molecule has 1 aromatic heterocycles. The van der Waals surface area contributed by atoms with Crippen LogP contribution in [0.15, 0.2) is 52.1 Å². The van der Waals surface area contributed by atoms with Crippen LogP contribution in [0.2, 0.25) is 0 Å². The molecule has 0 bridgehead atoms. The summed E-state index contributed by atoms with van der Waals surface area (Å²) in [5.74, 6) is -0.732. The van der Waals surface area contributed by atoms with Crippen LogP contribution < -0.4 is 20.7 Å². The van der Waals surface area contributed by atoms with Crippen molar-refractivity contribution >= 4 is 11.9 Å². The Bertz CT molecular complexity index is 1490. The lowest BCUT2D eigenvalue weighted by molar-refractivity contribution is -0.149. The molecular formula is C28H32N4O7. The largest absolute Gasteiger partial charge is 0.493 e. The van der Waals surface area contributed by atoms with Crippen molar-refractivity contribution in [1.82, 2.24) is 19.2 Å². The Morgan fingerprint density at radius 2 is 1.79 bits per heavy atom. The summed E-state index contributed by atoms with van der Waals surface area (Å²) in [6.45, 7) is 4.25. The molecule has 0 radical (unpaired) electrons. The monoisotopic (exact) mass is 536 g/mol. The molecule has 1 fully saturated rings. The molecule has 1 amide bonds. The molecule has 11 nitrogen and oxygen atoms in total. The highest BCUT2D eigenvalue weighted by Crippen LogP contribution is 2.28. The Kier molecular flexibility index (Phi) is 8.48. The third-order valence-electron chi connectivity index (χ3n) is 6.79. The van der Waals surface area contributed by atoms with Crippen LogP contribution in [0.3, 0.4) is 0 Å². The van der Waals surface area contributed by atoms with Gasteiger partial charge in [-0.25, -0.2) is 4.79 Å². The molecule has 11 heteroatoms. The lowest BCUT2D eigenvalue weighted by Gasteiger charge is -2.31. The number of aromatic nitrogens is 3. The Labute approximate surface area is 225 Å². The molecule has 1 saturated heterocycles. The summed E-state index contributed by atoms with van der Waals surface area (Å²) in [6, 6.07) is 12.1. The van der Waals surface area contributed by atoms with Gasteiger partial charge < -0.3 is 19.1 Å². The van der Waals surface area contributed by atoms with Gasteiger partial charge in [0.15, 0.2) is 11.5 Å². The first kappa shape index (κ1) is 27.6. The maximum Gasteiger partial charge on any atom is 0.352 e. The Morgan fingerprint density at radius 3 is 2.49 bits per heavy atom. The maximum atomic E-state index is 13.7. The molecule has 0 N–H and O–H groups in total. The molecule has 206 valence electrons. The van der Waals surface area contributed by atoms with E-state index in [9.17, 15) is 19.2 Å². The topological polar surface area (TPSA) is 122 Å². The van der Waals surface area contributed by atoms with Crippen LogP contribution in [0.1, 0.15) is 41.4 Å². The number of ether oxygens (including phenoxy) is 3. The van der Waals surface area contributed by atoms with Gasteiger partial charge in [0.2, 0.25) is 5.69 Å². The smallest absolute Gasteiger partial charge is 0.352 e. The van der Waals surface area contributed by atoms with Gasteiger partial charge in [0.05, 0.1) is 39.0 Å². The van der Waals surface area contributed by atoms with E-state index < -0.39 is 28.8 Å². The number of hydrogen-bond acceptors (Lipinski definition) is 8. The van der Waals surface area contributed by atoms with E-state index in [1.54, 1.807) is 25.1 Å². The first-order valence-corrected chi connectivity index (χ1v) is 12.8. The van der Waals surface area contributed by atoms with Gasteiger partial charge in [0.1, 0.15) is 0 Å². The quantitative estimate of drug-likeness (QED) is 0.402. The average Bonchev–Trinajstić information content (AvgIpc) is 2.95. The molecule has 1 aliphatic rings. The summed E-state index contributed by atoms with van der Waals surface area (Å²) in [7, 11) is 2.95. The summed E-state index contributed by atoms with van der Waals surface area (Å²) in [5, 5.41) is 4.25. The molecule has 2 aromatic carbocycles. The fourth-order valence-electron chi connectivity index (χ4n) is 4.63. The van der Waals surface area contributed by atoms with Crippen LogP contribution in [0.5, 0.6) is 11.5 Å². The summed E-state index contributed by atoms with van der Waals surface area (Å²) >= 11 is 0. The van der Waals surface area contributed by atoms with Crippen molar-refractivity contribution in [2.45, 2.75) is 33.2 Å². The van der Waals surface area contributed by atoms with E-state index in [2.05, 4.69) is 5.10 Å². The zero-order valence-electron chi connectivity index (χ0n) is 22.5. The minimum absolute atomic E-state index is 0.0497. The van der Waals surface area contributed by atoms with Crippen molar-refractivity contribution in [3.8, 4) is 17.2 Å². The molecule has 0 spiro atoms. The van der Waals surface area contributed by atoms with Crippen LogP contribution in [0.25, 0.3) is 5.69 Å². The zero-order valence-corrected chi connectivity index (χ0v) is 22.5. The predicted octanol–water partition coefficient (Wildman–Crippen LogP) is 2.18. The number of amides is 1. The average molecular weight is 537 g/mol. The molecule has 4 rings (SSSR count).